The number of carbonyl (C=O) groups excluding carboxylic acids is 2. The summed E-state index contributed by atoms with van der Waals surface area (Å²) in [5, 5.41) is 17.4. The average molecular weight is 194 g/mol. The Balaban J connectivity index is 5.05. The zero-order chi connectivity index (χ0) is 11.4. The van der Waals surface area contributed by atoms with Gasteiger partial charge in [-0.25, -0.2) is 0 Å². The van der Waals surface area contributed by atoms with Crippen molar-refractivity contribution in [1.29, 1.82) is 10.5 Å². The predicted octanol–water partition coefficient (Wildman–Crippen LogP) is -0.983. The normalized spacial score (nSPS) is 12.2. The molecule has 0 bridgehead atoms. The van der Waals surface area contributed by atoms with Crippen LogP contribution in [0.3, 0.4) is 0 Å². The van der Waals surface area contributed by atoms with Crippen LogP contribution in [-0.4, -0.2) is 11.8 Å². The zero-order valence-electron chi connectivity index (χ0n) is 7.65. The summed E-state index contributed by atoms with van der Waals surface area (Å²) in [5.41, 5.74) is 7.85. The third kappa shape index (κ3) is 1.99. The molecule has 0 aromatic carbocycles. The lowest BCUT2D eigenvalue weighted by Gasteiger charge is -2.20. The number of nitriles is 2. The number of hydrogen-bond acceptors (Lipinski definition) is 4. The largest absolute Gasteiger partial charge is 0.370 e. The second kappa shape index (κ2) is 4.24. The quantitative estimate of drug-likeness (QED) is 0.594. The van der Waals surface area contributed by atoms with Crippen molar-refractivity contribution in [1.82, 2.24) is 0 Å². The van der Waals surface area contributed by atoms with E-state index in [4.69, 9.17) is 22.0 Å². The molecule has 0 saturated carbocycles. The predicted molar refractivity (Wildman–Crippen MR) is 45.8 cm³/mol. The third-order valence-electron chi connectivity index (χ3n) is 1.99. The maximum Gasteiger partial charge on any atom is 0.252 e. The van der Waals surface area contributed by atoms with Crippen LogP contribution in [0.15, 0.2) is 0 Å². The molecule has 0 saturated heterocycles. The minimum atomic E-state index is -1.98. The van der Waals surface area contributed by atoms with E-state index in [0.717, 1.165) is 0 Å². The second-order valence-corrected chi connectivity index (χ2v) is 2.97. The molecule has 6 nitrogen and oxygen atoms in total. The number of nitrogens with zero attached hydrogens (tertiary/aromatic N) is 2. The van der Waals surface area contributed by atoms with Gasteiger partial charge in [-0.1, -0.05) is 6.92 Å². The minimum Gasteiger partial charge on any atom is -0.370 e. The van der Waals surface area contributed by atoms with Crippen LogP contribution in [-0.2, 0) is 9.59 Å². The van der Waals surface area contributed by atoms with Crippen molar-refractivity contribution in [3.05, 3.63) is 0 Å². The minimum absolute atomic E-state index is 0.232. The molecule has 1 atom stereocenters. The SMILES string of the molecule is C[C@H](CC(N)=O)C(C#N)(C#N)C(N)=O. The Labute approximate surface area is 81.1 Å². The van der Waals surface area contributed by atoms with Crippen molar-refractivity contribution in [2.45, 2.75) is 13.3 Å². The van der Waals surface area contributed by atoms with E-state index in [1.807, 2.05) is 0 Å². The summed E-state index contributed by atoms with van der Waals surface area (Å²) in [4.78, 5) is 21.5. The summed E-state index contributed by atoms with van der Waals surface area (Å²) >= 11 is 0. The van der Waals surface area contributed by atoms with Crippen molar-refractivity contribution >= 4 is 11.8 Å². The summed E-state index contributed by atoms with van der Waals surface area (Å²) in [6.45, 7) is 1.40. The Hall–Kier alpha value is -2.08. The van der Waals surface area contributed by atoms with E-state index in [1.54, 1.807) is 0 Å². The Bertz CT molecular complexity index is 322. The van der Waals surface area contributed by atoms with Gasteiger partial charge < -0.3 is 11.5 Å². The molecular formula is C8H10N4O2. The first-order chi connectivity index (χ1) is 6.40. The molecule has 0 radical (unpaired) electrons. The molecule has 74 valence electrons. The summed E-state index contributed by atoms with van der Waals surface area (Å²) in [7, 11) is 0. The second-order valence-electron chi connectivity index (χ2n) is 2.97. The molecule has 4 N–H and O–H groups in total. The standard InChI is InChI=1S/C8H10N4O2/c1-5(2-6(11)13)8(3-9,4-10)7(12)14/h5H,2H2,1H3,(H2,11,13)(H2,12,14)/t5-/m1/s1. The van der Waals surface area contributed by atoms with Gasteiger partial charge in [-0.2, -0.15) is 10.5 Å². The zero-order valence-corrected chi connectivity index (χ0v) is 7.65. The summed E-state index contributed by atoms with van der Waals surface area (Å²) < 4.78 is 0. The lowest BCUT2D eigenvalue weighted by atomic mass is 9.76. The first kappa shape index (κ1) is 11.9. The van der Waals surface area contributed by atoms with Crippen LogP contribution in [0.25, 0.3) is 0 Å². The molecule has 6 heteroatoms. The highest BCUT2D eigenvalue weighted by Crippen LogP contribution is 2.28. The highest BCUT2D eigenvalue weighted by Gasteiger charge is 2.43. The summed E-state index contributed by atoms with van der Waals surface area (Å²) in [5.74, 6) is -2.56. The van der Waals surface area contributed by atoms with E-state index in [-0.39, 0.29) is 6.42 Å². The highest BCUT2D eigenvalue weighted by molar-refractivity contribution is 5.88. The first-order valence-corrected chi connectivity index (χ1v) is 3.81. The molecule has 14 heavy (non-hydrogen) atoms. The third-order valence-corrected chi connectivity index (χ3v) is 1.99. The van der Waals surface area contributed by atoms with E-state index in [1.165, 1.54) is 19.1 Å². The monoisotopic (exact) mass is 194 g/mol. The Morgan fingerprint density at radius 3 is 2.00 bits per heavy atom. The van der Waals surface area contributed by atoms with Gasteiger partial charge in [-0.3, -0.25) is 9.59 Å². The van der Waals surface area contributed by atoms with E-state index in [9.17, 15) is 9.59 Å². The molecule has 0 spiro atoms. The molecule has 2 amide bonds. The fourth-order valence-electron chi connectivity index (χ4n) is 1.05. The topological polar surface area (TPSA) is 134 Å². The average Bonchev–Trinajstić information content (AvgIpc) is 2.05. The lowest BCUT2D eigenvalue weighted by Crippen LogP contribution is -2.41. The Morgan fingerprint density at radius 1 is 1.36 bits per heavy atom. The number of hydrogen-bond donors (Lipinski definition) is 2. The smallest absolute Gasteiger partial charge is 0.252 e. The van der Waals surface area contributed by atoms with Crippen LogP contribution in [0.2, 0.25) is 0 Å². The molecule has 0 aliphatic heterocycles. The van der Waals surface area contributed by atoms with Gasteiger partial charge in [0.25, 0.3) is 5.91 Å². The van der Waals surface area contributed by atoms with Crippen molar-refractivity contribution in [3.8, 4) is 12.1 Å². The van der Waals surface area contributed by atoms with Crippen molar-refractivity contribution in [3.63, 3.8) is 0 Å². The van der Waals surface area contributed by atoms with Crippen molar-refractivity contribution < 1.29 is 9.59 Å². The molecule has 0 rings (SSSR count). The number of nitrogens with two attached hydrogens (primary N) is 2. The first-order valence-electron chi connectivity index (χ1n) is 3.81. The van der Waals surface area contributed by atoms with Gasteiger partial charge in [0.1, 0.15) is 0 Å². The number of primary amides is 2. The van der Waals surface area contributed by atoms with Gasteiger partial charge in [-0.05, 0) is 0 Å². The number of amides is 2. The number of rotatable bonds is 4. The molecule has 0 unspecified atom stereocenters. The molecule has 0 aromatic rings. The van der Waals surface area contributed by atoms with Crippen molar-refractivity contribution in [2.24, 2.45) is 22.8 Å². The van der Waals surface area contributed by atoms with Crippen molar-refractivity contribution in [2.75, 3.05) is 0 Å². The van der Waals surface area contributed by atoms with E-state index >= 15 is 0 Å². The highest BCUT2D eigenvalue weighted by atomic mass is 16.1. The lowest BCUT2D eigenvalue weighted by molar-refractivity contribution is -0.125. The van der Waals surface area contributed by atoms with Gasteiger partial charge in [-0.15, -0.1) is 0 Å². The van der Waals surface area contributed by atoms with E-state index in [0.29, 0.717) is 0 Å². The Morgan fingerprint density at radius 2 is 1.79 bits per heavy atom. The van der Waals surface area contributed by atoms with Crippen LogP contribution in [0.1, 0.15) is 13.3 Å². The van der Waals surface area contributed by atoms with E-state index in [2.05, 4.69) is 0 Å². The molecule has 0 aliphatic rings. The molecular weight excluding hydrogens is 184 g/mol. The summed E-state index contributed by atoms with van der Waals surface area (Å²) in [6.07, 6.45) is -0.232. The summed E-state index contributed by atoms with van der Waals surface area (Å²) in [6, 6.07) is 3.05. The van der Waals surface area contributed by atoms with Gasteiger partial charge in [0.05, 0.1) is 12.1 Å². The van der Waals surface area contributed by atoms with Crippen LogP contribution in [0.4, 0.5) is 0 Å². The molecule has 0 heterocycles. The van der Waals surface area contributed by atoms with Gasteiger partial charge in [0, 0.05) is 12.3 Å². The fraction of sp³-hybridized carbons (Fsp3) is 0.500. The van der Waals surface area contributed by atoms with Gasteiger partial charge in [0.15, 0.2) is 0 Å². The van der Waals surface area contributed by atoms with Gasteiger partial charge >= 0.3 is 0 Å². The maximum absolute atomic E-state index is 10.9. The van der Waals surface area contributed by atoms with Gasteiger partial charge in [0.2, 0.25) is 11.3 Å². The van der Waals surface area contributed by atoms with Crippen LogP contribution < -0.4 is 11.5 Å². The molecule has 0 aliphatic carbocycles. The maximum atomic E-state index is 10.9. The van der Waals surface area contributed by atoms with Crippen LogP contribution in [0.5, 0.6) is 0 Å². The van der Waals surface area contributed by atoms with Crippen LogP contribution in [0, 0.1) is 34.0 Å². The molecule has 0 aromatic heterocycles. The fourth-order valence-corrected chi connectivity index (χ4v) is 1.05. The Kier molecular flexibility index (Phi) is 3.61. The van der Waals surface area contributed by atoms with E-state index < -0.39 is 23.1 Å². The van der Waals surface area contributed by atoms with Crippen LogP contribution >= 0.6 is 0 Å². The number of carbonyl (C=O) groups is 2. The molecule has 0 fully saturated rings.